The number of benzene rings is 1. The molecule has 0 heterocycles. The van der Waals surface area contributed by atoms with Gasteiger partial charge in [0.15, 0.2) is 0 Å². The summed E-state index contributed by atoms with van der Waals surface area (Å²) >= 11 is 0. The lowest BCUT2D eigenvalue weighted by atomic mass is 10.1. The summed E-state index contributed by atoms with van der Waals surface area (Å²) in [6.45, 7) is 8.77. The third-order valence-electron chi connectivity index (χ3n) is 3.28. The molecule has 0 aliphatic heterocycles. The molecule has 0 spiro atoms. The Kier molecular flexibility index (Phi) is 4.55. The van der Waals surface area contributed by atoms with E-state index in [1.807, 2.05) is 30.9 Å². The van der Waals surface area contributed by atoms with Gasteiger partial charge in [-0.15, -0.1) is 0 Å². The van der Waals surface area contributed by atoms with E-state index in [4.69, 9.17) is 5.73 Å². The summed E-state index contributed by atoms with van der Waals surface area (Å²) in [6.07, 6.45) is 0.950. The Labute approximate surface area is 104 Å². The van der Waals surface area contributed by atoms with Crippen LogP contribution in [0.3, 0.4) is 0 Å². The number of hydrogen-bond acceptors (Lipinski definition) is 2. The third kappa shape index (κ3) is 2.78. The van der Waals surface area contributed by atoms with Gasteiger partial charge in [0.2, 0.25) is 0 Å². The highest BCUT2D eigenvalue weighted by Crippen LogP contribution is 2.19. The average Bonchev–Trinajstić information content (AvgIpc) is 2.33. The first-order valence-corrected chi connectivity index (χ1v) is 6.18. The van der Waals surface area contributed by atoms with E-state index in [2.05, 4.69) is 13.8 Å². The van der Waals surface area contributed by atoms with Crippen LogP contribution in [-0.4, -0.2) is 23.4 Å². The van der Waals surface area contributed by atoms with Crippen LogP contribution in [0.25, 0.3) is 0 Å². The van der Waals surface area contributed by atoms with Crippen LogP contribution in [-0.2, 0) is 0 Å². The van der Waals surface area contributed by atoms with Crippen LogP contribution in [0, 0.1) is 6.92 Å². The van der Waals surface area contributed by atoms with Crippen molar-refractivity contribution in [2.24, 2.45) is 0 Å². The number of rotatable bonds is 4. The molecule has 0 radical (unpaired) electrons. The fourth-order valence-electron chi connectivity index (χ4n) is 1.90. The Hall–Kier alpha value is -1.51. The summed E-state index contributed by atoms with van der Waals surface area (Å²) < 4.78 is 0. The Morgan fingerprint density at radius 1 is 1.41 bits per heavy atom. The maximum Gasteiger partial charge on any atom is 0.256 e. The highest BCUT2D eigenvalue weighted by Gasteiger charge is 2.20. The topological polar surface area (TPSA) is 46.3 Å². The van der Waals surface area contributed by atoms with Crippen molar-refractivity contribution >= 4 is 11.6 Å². The zero-order chi connectivity index (χ0) is 13.0. The second kappa shape index (κ2) is 5.71. The summed E-state index contributed by atoms with van der Waals surface area (Å²) in [6, 6.07) is 5.84. The Bertz CT molecular complexity index is 401. The maximum atomic E-state index is 12.4. The van der Waals surface area contributed by atoms with Crippen LogP contribution < -0.4 is 5.73 Å². The number of nitrogen functional groups attached to an aromatic ring is 1. The van der Waals surface area contributed by atoms with E-state index >= 15 is 0 Å². The molecule has 0 aliphatic rings. The minimum atomic E-state index is 0.0306. The molecular formula is C14H22N2O. The first-order valence-electron chi connectivity index (χ1n) is 6.18. The molecule has 2 N–H and O–H groups in total. The molecule has 0 saturated carbocycles. The van der Waals surface area contributed by atoms with E-state index in [1.54, 1.807) is 6.07 Å². The van der Waals surface area contributed by atoms with Gasteiger partial charge >= 0.3 is 0 Å². The van der Waals surface area contributed by atoms with Crippen molar-refractivity contribution in [2.75, 3.05) is 12.3 Å². The van der Waals surface area contributed by atoms with E-state index < -0.39 is 0 Å². The molecule has 0 saturated heterocycles. The molecule has 1 aromatic carbocycles. The number of amides is 1. The van der Waals surface area contributed by atoms with Gasteiger partial charge in [-0.1, -0.05) is 19.1 Å². The Morgan fingerprint density at radius 2 is 2.06 bits per heavy atom. The highest BCUT2D eigenvalue weighted by atomic mass is 16.2. The molecule has 0 bridgehead atoms. The van der Waals surface area contributed by atoms with Crippen LogP contribution in [0.15, 0.2) is 18.2 Å². The summed E-state index contributed by atoms with van der Waals surface area (Å²) in [5.41, 5.74) is 8.14. The number of nitrogens with two attached hydrogens (primary N) is 1. The van der Waals surface area contributed by atoms with Gasteiger partial charge in [-0.05, 0) is 38.8 Å². The van der Waals surface area contributed by atoms with Gasteiger partial charge < -0.3 is 10.6 Å². The molecule has 17 heavy (non-hydrogen) atoms. The maximum absolute atomic E-state index is 12.4. The fourth-order valence-corrected chi connectivity index (χ4v) is 1.90. The van der Waals surface area contributed by atoms with E-state index in [0.717, 1.165) is 12.0 Å². The van der Waals surface area contributed by atoms with Crippen molar-refractivity contribution in [3.8, 4) is 0 Å². The van der Waals surface area contributed by atoms with E-state index in [1.165, 1.54) is 0 Å². The molecule has 1 unspecified atom stereocenters. The largest absolute Gasteiger partial charge is 0.398 e. The number of carbonyl (C=O) groups excluding carboxylic acids is 1. The molecule has 1 atom stereocenters. The third-order valence-corrected chi connectivity index (χ3v) is 3.28. The van der Waals surface area contributed by atoms with Crippen LogP contribution in [0.2, 0.25) is 0 Å². The number of carbonyl (C=O) groups is 1. The Balaban J connectivity index is 3.06. The van der Waals surface area contributed by atoms with Crippen molar-refractivity contribution in [1.29, 1.82) is 0 Å². The molecule has 1 rings (SSSR count). The molecule has 3 heteroatoms. The lowest BCUT2D eigenvalue weighted by molar-refractivity contribution is 0.0701. The number of nitrogens with zero attached hydrogens (tertiary/aromatic N) is 1. The molecular weight excluding hydrogens is 212 g/mol. The van der Waals surface area contributed by atoms with Crippen molar-refractivity contribution in [3.63, 3.8) is 0 Å². The van der Waals surface area contributed by atoms with Gasteiger partial charge in [-0.3, -0.25) is 4.79 Å². The molecule has 1 amide bonds. The van der Waals surface area contributed by atoms with Crippen molar-refractivity contribution < 1.29 is 4.79 Å². The minimum Gasteiger partial charge on any atom is -0.398 e. The lowest BCUT2D eigenvalue weighted by Crippen LogP contribution is -2.38. The molecule has 0 fully saturated rings. The summed E-state index contributed by atoms with van der Waals surface area (Å²) in [5, 5.41) is 0. The number of hydrogen-bond donors (Lipinski definition) is 1. The predicted molar refractivity (Wildman–Crippen MR) is 72.1 cm³/mol. The van der Waals surface area contributed by atoms with Crippen molar-refractivity contribution in [3.05, 3.63) is 29.3 Å². The van der Waals surface area contributed by atoms with Gasteiger partial charge in [-0.25, -0.2) is 0 Å². The minimum absolute atomic E-state index is 0.0306. The standard InChI is InChI=1S/C14H22N2O/c1-5-11(4)16(6-2)14(17)12-9-7-8-10(3)13(12)15/h7-9,11H,5-6,15H2,1-4H3. The second-order valence-electron chi connectivity index (χ2n) is 4.38. The van der Waals surface area contributed by atoms with Gasteiger partial charge in [-0.2, -0.15) is 0 Å². The van der Waals surface area contributed by atoms with Crippen LogP contribution in [0.5, 0.6) is 0 Å². The lowest BCUT2D eigenvalue weighted by Gasteiger charge is -2.28. The predicted octanol–water partition coefficient (Wildman–Crippen LogP) is 2.84. The molecule has 1 aromatic rings. The smallest absolute Gasteiger partial charge is 0.256 e. The molecule has 94 valence electrons. The first-order chi connectivity index (χ1) is 8.02. The monoisotopic (exact) mass is 234 g/mol. The average molecular weight is 234 g/mol. The first kappa shape index (κ1) is 13.6. The molecule has 0 aromatic heterocycles. The van der Waals surface area contributed by atoms with Crippen molar-refractivity contribution in [1.82, 2.24) is 4.90 Å². The SMILES string of the molecule is CCC(C)N(CC)C(=O)c1cccc(C)c1N. The normalized spacial score (nSPS) is 12.2. The zero-order valence-electron chi connectivity index (χ0n) is 11.2. The Morgan fingerprint density at radius 3 is 2.59 bits per heavy atom. The van der Waals surface area contributed by atoms with E-state index in [-0.39, 0.29) is 11.9 Å². The van der Waals surface area contributed by atoms with Crippen LogP contribution in [0.4, 0.5) is 5.69 Å². The van der Waals surface area contributed by atoms with Gasteiger partial charge in [0.1, 0.15) is 0 Å². The van der Waals surface area contributed by atoms with Crippen LogP contribution in [0.1, 0.15) is 43.1 Å². The van der Waals surface area contributed by atoms with E-state index in [9.17, 15) is 4.79 Å². The molecule has 3 nitrogen and oxygen atoms in total. The fraction of sp³-hybridized carbons (Fsp3) is 0.500. The number of anilines is 1. The summed E-state index contributed by atoms with van der Waals surface area (Å²) in [7, 11) is 0. The molecule has 0 aliphatic carbocycles. The zero-order valence-corrected chi connectivity index (χ0v) is 11.2. The quantitative estimate of drug-likeness (QED) is 0.814. The highest BCUT2D eigenvalue weighted by molar-refractivity contribution is 5.99. The van der Waals surface area contributed by atoms with Crippen LogP contribution >= 0.6 is 0 Å². The summed E-state index contributed by atoms with van der Waals surface area (Å²) in [5.74, 6) is 0.0306. The van der Waals surface area contributed by atoms with E-state index in [0.29, 0.717) is 17.8 Å². The number of aryl methyl sites for hydroxylation is 1. The summed E-state index contributed by atoms with van der Waals surface area (Å²) in [4.78, 5) is 14.3. The second-order valence-corrected chi connectivity index (χ2v) is 4.38. The van der Waals surface area contributed by atoms with Gasteiger partial charge in [0.25, 0.3) is 5.91 Å². The number of para-hydroxylation sites is 1. The van der Waals surface area contributed by atoms with Gasteiger partial charge in [0, 0.05) is 18.3 Å². The van der Waals surface area contributed by atoms with Gasteiger partial charge in [0.05, 0.1) is 5.56 Å². The van der Waals surface area contributed by atoms with Crippen molar-refractivity contribution in [2.45, 2.75) is 40.2 Å².